The molecule has 0 atom stereocenters. The van der Waals surface area contributed by atoms with E-state index in [1.807, 2.05) is 18.0 Å². The molecule has 1 rings (SSSR count). The number of carbonyl (C=O) groups excluding carboxylic acids is 1. The smallest absolute Gasteiger partial charge is 0.222 e. The van der Waals surface area contributed by atoms with Crippen LogP contribution in [0.3, 0.4) is 0 Å². The molecule has 0 spiro atoms. The monoisotopic (exact) mass is 305 g/mol. The quantitative estimate of drug-likeness (QED) is 0.712. The molecule has 0 bridgehead atoms. The molecule has 1 amide bonds. The standard InChI is InChI=1S/C18H31N3O/c1-5-8-13-20(4)18(22)12-10-15-9-11-17(16(19)14-15)21(6-2)7-3/h9,11,14H,5-8,10,12-13,19H2,1-4H3. The highest BCUT2D eigenvalue weighted by Crippen LogP contribution is 2.24. The van der Waals surface area contributed by atoms with Crippen molar-refractivity contribution in [1.29, 1.82) is 0 Å². The molecule has 2 N–H and O–H groups in total. The number of unbranched alkanes of at least 4 members (excludes halogenated alkanes) is 1. The van der Waals surface area contributed by atoms with Gasteiger partial charge in [0.2, 0.25) is 5.91 Å². The summed E-state index contributed by atoms with van der Waals surface area (Å²) < 4.78 is 0. The van der Waals surface area contributed by atoms with Gasteiger partial charge in [0.15, 0.2) is 0 Å². The Labute approximate surface area is 135 Å². The first-order valence-corrected chi connectivity index (χ1v) is 8.40. The third-order valence-electron chi connectivity index (χ3n) is 4.10. The SMILES string of the molecule is CCCCN(C)C(=O)CCc1ccc(N(CC)CC)c(N)c1. The minimum absolute atomic E-state index is 0.208. The maximum Gasteiger partial charge on any atom is 0.222 e. The zero-order valence-corrected chi connectivity index (χ0v) is 14.6. The number of amides is 1. The Balaban J connectivity index is 2.60. The number of nitrogens with zero attached hydrogens (tertiary/aromatic N) is 2. The maximum atomic E-state index is 12.1. The number of hydrogen-bond acceptors (Lipinski definition) is 3. The van der Waals surface area contributed by atoms with E-state index in [0.717, 1.165) is 55.8 Å². The van der Waals surface area contributed by atoms with Gasteiger partial charge >= 0.3 is 0 Å². The fraction of sp³-hybridized carbons (Fsp3) is 0.611. The Bertz CT molecular complexity index is 469. The first-order valence-electron chi connectivity index (χ1n) is 8.40. The summed E-state index contributed by atoms with van der Waals surface area (Å²) in [5, 5.41) is 0. The Morgan fingerprint density at radius 3 is 2.41 bits per heavy atom. The summed E-state index contributed by atoms with van der Waals surface area (Å²) in [5.41, 5.74) is 9.18. The lowest BCUT2D eigenvalue weighted by Gasteiger charge is -2.23. The summed E-state index contributed by atoms with van der Waals surface area (Å²) in [7, 11) is 1.88. The summed E-state index contributed by atoms with van der Waals surface area (Å²) >= 11 is 0. The van der Waals surface area contributed by atoms with E-state index in [-0.39, 0.29) is 5.91 Å². The normalized spacial score (nSPS) is 10.5. The number of nitrogen functional groups attached to an aromatic ring is 1. The van der Waals surface area contributed by atoms with Crippen molar-refractivity contribution >= 4 is 17.3 Å². The average molecular weight is 305 g/mol. The van der Waals surface area contributed by atoms with Gasteiger partial charge in [-0.25, -0.2) is 0 Å². The Hall–Kier alpha value is -1.71. The van der Waals surface area contributed by atoms with Crippen LogP contribution in [-0.2, 0) is 11.2 Å². The summed E-state index contributed by atoms with van der Waals surface area (Å²) in [6, 6.07) is 6.17. The van der Waals surface area contributed by atoms with E-state index in [1.165, 1.54) is 0 Å². The highest BCUT2D eigenvalue weighted by Gasteiger charge is 2.10. The number of benzene rings is 1. The number of anilines is 2. The Kier molecular flexibility index (Phi) is 7.78. The molecular weight excluding hydrogens is 274 g/mol. The third kappa shape index (κ3) is 5.24. The lowest BCUT2D eigenvalue weighted by atomic mass is 10.1. The van der Waals surface area contributed by atoms with Crippen molar-refractivity contribution in [2.75, 3.05) is 37.3 Å². The van der Waals surface area contributed by atoms with Crippen molar-refractivity contribution in [2.45, 2.75) is 46.5 Å². The number of nitrogens with two attached hydrogens (primary N) is 1. The molecule has 0 fully saturated rings. The molecule has 4 nitrogen and oxygen atoms in total. The second kappa shape index (κ2) is 9.34. The summed E-state index contributed by atoms with van der Waals surface area (Å²) in [6.45, 7) is 9.13. The van der Waals surface area contributed by atoms with Gasteiger partial charge in [-0.05, 0) is 44.4 Å². The van der Waals surface area contributed by atoms with Gasteiger partial charge in [0.05, 0.1) is 11.4 Å². The molecule has 0 radical (unpaired) electrons. The van der Waals surface area contributed by atoms with Gasteiger partial charge in [-0.15, -0.1) is 0 Å². The van der Waals surface area contributed by atoms with Crippen molar-refractivity contribution in [3.8, 4) is 0 Å². The predicted octanol–water partition coefficient (Wildman–Crippen LogP) is 3.31. The highest BCUT2D eigenvalue weighted by molar-refractivity contribution is 5.76. The van der Waals surface area contributed by atoms with Gasteiger partial charge in [0, 0.05) is 33.1 Å². The summed E-state index contributed by atoms with van der Waals surface area (Å²) in [6.07, 6.45) is 3.47. The van der Waals surface area contributed by atoms with Crippen LogP contribution in [0.5, 0.6) is 0 Å². The van der Waals surface area contributed by atoms with Crippen LogP contribution in [0.15, 0.2) is 18.2 Å². The van der Waals surface area contributed by atoms with Crippen molar-refractivity contribution in [2.24, 2.45) is 0 Å². The van der Waals surface area contributed by atoms with Crippen LogP contribution >= 0.6 is 0 Å². The van der Waals surface area contributed by atoms with Crippen molar-refractivity contribution in [3.63, 3.8) is 0 Å². The van der Waals surface area contributed by atoms with Crippen LogP contribution in [0.1, 0.15) is 45.6 Å². The van der Waals surface area contributed by atoms with Gasteiger partial charge in [0.1, 0.15) is 0 Å². The fourth-order valence-corrected chi connectivity index (χ4v) is 2.57. The molecule has 22 heavy (non-hydrogen) atoms. The van der Waals surface area contributed by atoms with E-state index >= 15 is 0 Å². The minimum Gasteiger partial charge on any atom is -0.397 e. The molecule has 0 heterocycles. The van der Waals surface area contributed by atoms with Crippen LogP contribution in [-0.4, -0.2) is 37.5 Å². The number of rotatable bonds is 9. The van der Waals surface area contributed by atoms with Crippen molar-refractivity contribution < 1.29 is 4.79 Å². The molecular formula is C18H31N3O. The third-order valence-corrected chi connectivity index (χ3v) is 4.10. The molecule has 0 aliphatic rings. The second-order valence-electron chi connectivity index (χ2n) is 5.73. The van der Waals surface area contributed by atoms with Gasteiger partial charge in [0.25, 0.3) is 0 Å². The van der Waals surface area contributed by atoms with E-state index in [1.54, 1.807) is 0 Å². The number of aryl methyl sites for hydroxylation is 1. The molecule has 124 valence electrons. The molecule has 0 aromatic heterocycles. The lowest BCUT2D eigenvalue weighted by Crippen LogP contribution is -2.27. The van der Waals surface area contributed by atoms with Gasteiger partial charge in [-0.1, -0.05) is 19.4 Å². The summed E-state index contributed by atoms with van der Waals surface area (Å²) in [5.74, 6) is 0.208. The Morgan fingerprint density at radius 1 is 1.18 bits per heavy atom. The van der Waals surface area contributed by atoms with Crippen LogP contribution in [0.25, 0.3) is 0 Å². The zero-order valence-electron chi connectivity index (χ0n) is 14.6. The van der Waals surface area contributed by atoms with E-state index < -0.39 is 0 Å². The summed E-state index contributed by atoms with van der Waals surface area (Å²) in [4.78, 5) is 16.1. The first-order chi connectivity index (χ1) is 10.5. The predicted molar refractivity (Wildman–Crippen MR) is 95.3 cm³/mol. The van der Waals surface area contributed by atoms with Gasteiger partial charge in [-0.3, -0.25) is 4.79 Å². The van der Waals surface area contributed by atoms with E-state index in [4.69, 9.17) is 5.73 Å². The van der Waals surface area contributed by atoms with E-state index in [0.29, 0.717) is 6.42 Å². The Morgan fingerprint density at radius 2 is 1.86 bits per heavy atom. The zero-order chi connectivity index (χ0) is 16.5. The van der Waals surface area contributed by atoms with Crippen LogP contribution in [0, 0.1) is 0 Å². The molecule has 0 aliphatic carbocycles. The minimum atomic E-state index is 0.208. The van der Waals surface area contributed by atoms with E-state index in [9.17, 15) is 4.79 Å². The topological polar surface area (TPSA) is 49.6 Å². The largest absolute Gasteiger partial charge is 0.397 e. The molecule has 1 aromatic carbocycles. The van der Waals surface area contributed by atoms with Crippen LogP contribution < -0.4 is 10.6 Å². The average Bonchev–Trinajstić information content (AvgIpc) is 2.53. The molecule has 0 aliphatic heterocycles. The first kappa shape index (κ1) is 18.3. The van der Waals surface area contributed by atoms with Gasteiger partial charge < -0.3 is 15.5 Å². The van der Waals surface area contributed by atoms with Crippen molar-refractivity contribution in [1.82, 2.24) is 4.90 Å². The van der Waals surface area contributed by atoms with Crippen LogP contribution in [0.4, 0.5) is 11.4 Å². The van der Waals surface area contributed by atoms with Crippen LogP contribution in [0.2, 0.25) is 0 Å². The molecule has 0 saturated carbocycles. The molecule has 4 heteroatoms. The molecule has 1 aromatic rings. The number of hydrogen-bond donors (Lipinski definition) is 1. The highest BCUT2D eigenvalue weighted by atomic mass is 16.2. The fourth-order valence-electron chi connectivity index (χ4n) is 2.57. The lowest BCUT2D eigenvalue weighted by molar-refractivity contribution is -0.129. The maximum absolute atomic E-state index is 12.1. The van der Waals surface area contributed by atoms with Crippen molar-refractivity contribution in [3.05, 3.63) is 23.8 Å². The van der Waals surface area contributed by atoms with Gasteiger partial charge in [-0.2, -0.15) is 0 Å². The molecule has 0 saturated heterocycles. The molecule has 0 unspecified atom stereocenters. The van der Waals surface area contributed by atoms with E-state index in [2.05, 4.69) is 37.8 Å². The number of carbonyl (C=O) groups is 1. The second-order valence-corrected chi connectivity index (χ2v) is 5.73.